The van der Waals surface area contributed by atoms with E-state index in [1.165, 1.54) is 37.9 Å². The molecule has 0 N–H and O–H groups in total. The van der Waals surface area contributed by atoms with Gasteiger partial charge in [-0.3, -0.25) is 4.98 Å². The molecule has 0 spiro atoms. The third-order valence-corrected chi connectivity index (χ3v) is 2.90. The van der Waals surface area contributed by atoms with E-state index < -0.39 is 5.97 Å². The van der Waals surface area contributed by atoms with Crippen molar-refractivity contribution in [2.24, 2.45) is 0 Å². The summed E-state index contributed by atoms with van der Waals surface area (Å²) in [6, 6.07) is 5.78. The number of carbonyl (C=O) groups excluding carboxylic acids is 1. The second-order valence-electron chi connectivity index (χ2n) is 4.32. The van der Waals surface area contributed by atoms with Crippen LogP contribution >= 0.6 is 0 Å². The number of aromatic nitrogens is 3. The third-order valence-electron chi connectivity index (χ3n) is 2.90. The number of hydrogen-bond acceptors (Lipinski definition) is 6. The summed E-state index contributed by atoms with van der Waals surface area (Å²) in [6.45, 7) is 0. The quantitative estimate of drug-likeness (QED) is 0.692. The predicted molar refractivity (Wildman–Crippen MR) is 74.3 cm³/mol. The Morgan fingerprint density at radius 1 is 1.14 bits per heavy atom. The molecular formula is C15H10FN3O3. The summed E-state index contributed by atoms with van der Waals surface area (Å²) in [4.78, 5) is 23.6. The fourth-order valence-electron chi connectivity index (χ4n) is 1.79. The van der Waals surface area contributed by atoms with Crippen molar-refractivity contribution in [2.45, 2.75) is 0 Å². The van der Waals surface area contributed by atoms with Gasteiger partial charge in [-0.1, -0.05) is 0 Å². The lowest BCUT2D eigenvalue weighted by Gasteiger charge is -1.98. The van der Waals surface area contributed by atoms with E-state index in [0.717, 1.165) is 0 Å². The fourth-order valence-corrected chi connectivity index (χ4v) is 1.79. The molecule has 0 radical (unpaired) electrons. The average molecular weight is 299 g/mol. The van der Waals surface area contributed by atoms with E-state index in [9.17, 15) is 9.18 Å². The maximum absolute atomic E-state index is 12.9. The van der Waals surface area contributed by atoms with Crippen molar-refractivity contribution >= 4 is 5.97 Å². The second-order valence-corrected chi connectivity index (χ2v) is 4.32. The molecule has 2 aromatic heterocycles. The highest BCUT2D eigenvalue weighted by Crippen LogP contribution is 2.23. The molecule has 0 amide bonds. The highest BCUT2D eigenvalue weighted by Gasteiger charge is 2.12. The van der Waals surface area contributed by atoms with Gasteiger partial charge in [0, 0.05) is 5.56 Å². The molecule has 0 aliphatic rings. The molecule has 0 unspecified atom stereocenters. The summed E-state index contributed by atoms with van der Waals surface area (Å²) in [5.41, 5.74) is 1.66. The van der Waals surface area contributed by atoms with Crippen molar-refractivity contribution in [2.75, 3.05) is 7.11 Å². The summed E-state index contributed by atoms with van der Waals surface area (Å²) in [7, 11) is 1.27. The molecule has 1 aromatic carbocycles. The zero-order valence-electron chi connectivity index (χ0n) is 11.5. The molecule has 0 saturated carbocycles. The van der Waals surface area contributed by atoms with Crippen LogP contribution in [-0.2, 0) is 4.74 Å². The van der Waals surface area contributed by atoms with Gasteiger partial charge in [0.1, 0.15) is 23.5 Å². The van der Waals surface area contributed by atoms with Crippen LogP contribution in [0.5, 0.6) is 0 Å². The van der Waals surface area contributed by atoms with Crippen LogP contribution in [0.3, 0.4) is 0 Å². The summed E-state index contributed by atoms with van der Waals surface area (Å²) >= 11 is 0. The molecule has 110 valence electrons. The number of oxazole rings is 1. The standard InChI is InChI=1S/C15H10FN3O3/c1-21-15(20)12-7-17-11(6-18-12)13-8-22-14(19-13)9-2-4-10(16)5-3-9/h2-8H,1H3. The Morgan fingerprint density at radius 3 is 2.55 bits per heavy atom. The van der Waals surface area contributed by atoms with Crippen molar-refractivity contribution < 1.29 is 18.3 Å². The number of halogens is 1. The molecule has 3 aromatic rings. The first kappa shape index (κ1) is 13.9. The van der Waals surface area contributed by atoms with Crippen molar-refractivity contribution in [3.05, 3.63) is 54.4 Å². The summed E-state index contributed by atoms with van der Waals surface area (Å²) in [5.74, 6) is -0.556. The lowest BCUT2D eigenvalue weighted by Crippen LogP contribution is -2.04. The number of methoxy groups -OCH3 is 1. The highest BCUT2D eigenvalue weighted by molar-refractivity contribution is 5.86. The van der Waals surface area contributed by atoms with Crippen LogP contribution in [0, 0.1) is 5.82 Å². The molecule has 0 fully saturated rings. The average Bonchev–Trinajstić information content (AvgIpc) is 3.05. The number of hydrogen-bond donors (Lipinski definition) is 0. The topological polar surface area (TPSA) is 78.1 Å². The summed E-state index contributed by atoms with van der Waals surface area (Å²) in [6.07, 6.45) is 4.12. The van der Waals surface area contributed by atoms with Crippen LogP contribution in [0.2, 0.25) is 0 Å². The van der Waals surface area contributed by atoms with E-state index >= 15 is 0 Å². The maximum atomic E-state index is 12.9. The number of carbonyl (C=O) groups is 1. The molecule has 0 aliphatic carbocycles. The Balaban J connectivity index is 1.87. The van der Waals surface area contributed by atoms with Crippen LogP contribution in [0.1, 0.15) is 10.5 Å². The summed E-state index contributed by atoms with van der Waals surface area (Å²) in [5, 5.41) is 0. The largest absolute Gasteiger partial charge is 0.464 e. The van der Waals surface area contributed by atoms with Gasteiger partial charge in [-0.15, -0.1) is 0 Å². The Labute approximate surface area is 124 Å². The van der Waals surface area contributed by atoms with Gasteiger partial charge < -0.3 is 9.15 Å². The summed E-state index contributed by atoms with van der Waals surface area (Å²) < 4.78 is 22.8. The number of benzene rings is 1. The van der Waals surface area contributed by atoms with Crippen LogP contribution < -0.4 is 0 Å². The van der Waals surface area contributed by atoms with Crippen LogP contribution in [-0.4, -0.2) is 28.0 Å². The monoisotopic (exact) mass is 299 g/mol. The Kier molecular flexibility index (Phi) is 3.61. The number of rotatable bonds is 3. The molecule has 0 saturated heterocycles. The minimum absolute atomic E-state index is 0.105. The van der Waals surface area contributed by atoms with E-state index in [0.29, 0.717) is 22.8 Å². The minimum atomic E-state index is -0.564. The Morgan fingerprint density at radius 2 is 1.91 bits per heavy atom. The molecule has 3 rings (SSSR count). The lowest BCUT2D eigenvalue weighted by atomic mass is 10.2. The van der Waals surface area contributed by atoms with Crippen LogP contribution in [0.15, 0.2) is 47.3 Å². The van der Waals surface area contributed by atoms with Gasteiger partial charge in [-0.05, 0) is 24.3 Å². The molecule has 0 aliphatic heterocycles. The van der Waals surface area contributed by atoms with Gasteiger partial charge in [0.15, 0.2) is 5.69 Å². The van der Waals surface area contributed by atoms with Crippen LogP contribution in [0.25, 0.3) is 22.8 Å². The van der Waals surface area contributed by atoms with Gasteiger partial charge in [0.25, 0.3) is 0 Å². The zero-order chi connectivity index (χ0) is 15.5. The van der Waals surface area contributed by atoms with Crippen LogP contribution in [0.4, 0.5) is 4.39 Å². The Hall–Kier alpha value is -3.09. The van der Waals surface area contributed by atoms with Crippen molar-refractivity contribution in [1.82, 2.24) is 15.0 Å². The molecule has 6 nitrogen and oxygen atoms in total. The zero-order valence-corrected chi connectivity index (χ0v) is 11.5. The normalized spacial score (nSPS) is 10.5. The Bertz CT molecular complexity index is 798. The van der Waals surface area contributed by atoms with Crippen molar-refractivity contribution in [3.8, 4) is 22.8 Å². The molecule has 0 atom stereocenters. The molecule has 2 heterocycles. The number of ether oxygens (including phenoxy) is 1. The number of nitrogens with zero attached hydrogens (tertiary/aromatic N) is 3. The minimum Gasteiger partial charge on any atom is -0.464 e. The van der Waals surface area contributed by atoms with Gasteiger partial charge in [0.05, 0.1) is 19.5 Å². The van der Waals surface area contributed by atoms with E-state index in [4.69, 9.17) is 4.42 Å². The number of esters is 1. The second kappa shape index (κ2) is 5.72. The van der Waals surface area contributed by atoms with Gasteiger partial charge in [0.2, 0.25) is 5.89 Å². The van der Waals surface area contributed by atoms with Gasteiger partial charge >= 0.3 is 5.97 Å². The fraction of sp³-hybridized carbons (Fsp3) is 0.0667. The first-order valence-electron chi connectivity index (χ1n) is 6.29. The van der Waals surface area contributed by atoms with Gasteiger partial charge in [-0.2, -0.15) is 0 Å². The first-order valence-corrected chi connectivity index (χ1v) is 6.29. The van der Waals surface area contributed by atoms with E-state index in [1.807, 2.05) is 0 Å². The smallest absolute Gasteiger partial charge is 0.358 e. The molecule has 0 bridgehead atoms. The molecule has 7 heteroatoms. The molecule has 22 heavy (non-hydrogen) atoms. The van der Waals surface area contributed by atoms with E-state index in [-0.39, 0.29) is 11.5 Å². The molecular weight excluding hydrogens is 289 g/mol. The van der Waals surface area contributed by atoms with E-state index in [2.05, 4.69) is 19.7 Å². The third kappa shape index (κ3) is 2.69. The van der Waals surface area contributed by atoms with Gasteiger partial charge in [-0.25, -0.2) is 19.2 Å². The van der Waals surface area contributed by atoms with E-state index in [1.54, 1.807) is 12.1 Å². The lowest BCUT2D eigenvalue weighted by molar-refractivity contribution is 0.0593. The maximum Gasteiger partial charge on any atom is 0.358 e. The highest BCUT2D eigenvalue weighted by atomic mass is 19.1. The van der Waals surface area contributed by atoms with Crippen molar-refractivity contribution in [1.29, 1.82) is 0 Å². The van der Waals surface area contributed by atoms with Crippen molar-refractivity contribution in [3.63, 3.8) is 0 Å². The SMILES string of the molecule is COC(=O)c1cnc(-c2coc(-c3ccc(F)cc3)n2)cn1. The predicted octanol–water partition coefficient (Wildman–Crippen LogP) is 2.72. The first-order chi connectivity index (χ1) is 10.7.